The lowest BCUT2D eigenvalue weighted by Gasteiger charge is -2.05. The number of pyridine rings is 1. The minimum atomic E-state index is -2.47. The van der Waals surface area contributed by atoms with Crippen molar-refractivity contribution in [1.29, 1.82) is 0 Å². The number of alkyl halides is 2. The summed E-state index contributed by atoms with van der Waals surface area (Å²) in [4.78, 5) is 3.83. The van der Waals surface area contributed by atoms with Gasteiger partial charge in [-0.25, -0.2) is 13.8 Å². The molecule has 12 heavy (non-hydrogen) atoms. The number of nitrogens with zero attached hydrogens (tertiary/aromatic N) is 1. The molecule has 1 aromatic rings. The van der Waals surface area contributed by atoms with E-state index in [1.807, 2.05) is 45.2 Å². The van der Waals surface area contributed by atoms with Crippen LogP contribution >= 0.6 is 61.1 Å². The van der Waals surface area contributed by atoms with Gasteiger partial charge < -0.3 is 0 Å². The monoisotopic (exact) mass is 459 g/mol. The molecule has 1 nitrogen and oxygen atoms in total. The largest absolute Gasteiger partial charge is 0.266 e. The van der Waals surface area contributed by atoms with Crippen molar-refractivity contribution in [3.8, 4) is 0 Å². The summed E-state index contributed by atoms with van der Waals surface area (Å²) in [6.45, 7) is 0. The van der Waals surface area contributed by atoms with Crippen LogP contribution in [0.2, 0.25) is 0 Å². The third-order valence-corrected chi connectivity index (χ3v) is 5.68. The first-order chi connectivity index (χ1) is 5.54. The maximum atomic E-state index is 12.3. The van der Waals surface area contributed by atoms with Gasteiger partial charge in [-0.05, 0) is 61.1 Å². The second-order valence-electron chi connectivity index (χ2n) is 1.93. The zero-order valence-electron chi connectivity index (χ0n) is 5.49. The second kappa shape index (κ2) is 4.45. The van der Waals surface area contributed by atoms with Gasteiger partial charge in [-0.15, -0.1) is 0 Å². The number of halogens is 5. The molecule has 0 unspecified atom stereocenters. The van der Waals surface area contributed by atoms with Crippen LogP contribution in [-0.4, -0.2) is 4.98 Å². The van der Waals surface area contributed by atoms with Crippen LogP contribution in [-0.2, 0) is 0 Å². The molecular weight excluding hydrogens is 458 g/mol. The van der Waals surface area contributed by atoms with Crippen molar-refractivity contribution in [3.05, 3.63) is 23.5 Å². The van der Waals surface area contributed by atoms with Crippen molar-refractivity contribution in [2.75, 3.05) is 0 Å². The Morgan fingerprint density at radius 2 is 2.00 bits per heavy atom. The molecule has 66 valence electrons. The predicted molar refractivity (Wildman–Crippen MR) is 62.3 cm³/mol. The molecule has 0 aliphatic heterocycles. The molecule has 0 spiro atoms. The smallest absolute Gasteiger partial charge is 0.249 e. The number of aromatic nitrogens is 1. The molecule has 0 radical (unpaired) electrons. The van der Waals surface area contributed by atoms with E-state index in [0.717, 1.165) is 7.27 Å². The molecule has 0 saturated carbocycles. The van der Waals surface area contributed by atoms with Crippen molar-refractivity contribution in [2.24, 2.45) is 0 Å². The summed E-state index contributed by atoms with van der Waals surface area (Å²) in [5.41, 5.74) is -0.0557. The molecule has 0 fully saturated rings. The van der Waals surface area contributed by atoms with E-state index in [4.69, 9.17) is 0 Å². The Hall–Kier alpha value is 0.950. The van der Waals surface area contributed by atoms with Crippen LogP contribution in [0.3, 0.4) is 0 Å². The van der Waals surface area contributed by atoms with Crippen LogP contribution in [0.4, 0.5) is 8.78 Å². The molecule has 1 heterocycles. The molecule has 1 rings (SSSR count). The Morgan fingerprint density at radius 3 is 2.50 bits per heavy atom. The van der Waals surface area contributed by atoms with Crippen LogP contribution in [0, 0.1) is 7.27 Å². The van der Waals surface area contributed by atoms with E-state index < -0.39 is 6.43 Å². The van der Waals surface area contributed by atoms with Crippen LogP contribution in [0.15, 0.2) is 10.7 Å². The molecule has 6 heteroatoms. The maximum Gasteiger partial charge on any atom is 0.266 e. The highest BCUT2D eigenvalue weighted by molar-refractivity contribution is 14.1. The predicted octanol–water partition coefficient (Wildman–Crippen LogP) is 3.99. The maximum absolute atomic E-state index is 12.3. The normalized spacial score (nSPS) is 10.8. The average Bonchev–Trinajstić information content (AvgIpc) is 2.00. The van der Waals surface area contributed by atoms with Gasteiger partial charge in [0.15, 0.2) is 0 Å². The summed E-state index contributed by atoms with van der Waals surface area (Å²) in [5, 5.41) is 0. The van der Waals surface area contributed by atoms with Crippen LogP contribution < -0.4 is 0 Å². The van der Waals surface area contributed by atoms with Crippen molar-refractivity contribution < 1.29 is 8.78 Å². The minimum absolute atomic E-state index is 0.0557. The fourth-order valence-electron chi connectivity index (χ4n) is 0.609. The Labute approximate surface area is 104 Å². The van der Waals surface area contributed by atoms with E-state index in [1.54, 1.807) is 0 Å². The van der Waals surface area contributed by atoms with Crippen molar-refractivity contribution in [1.82, 2.24) is 4.98 Å². The van der Waals surface area contributed by atoms with Gasteiger partial charge in [-0.2, -0.15) is 0 Å². The number of hydrogen-bond donors (Lipinski definition) is 0. The van der Waals surface area contributed by atoms with Gasteiger partial charge in [0.25, 0.3) is 6.43 Å². The first kappa shape index (κ1) is 11.0. The van der Waals surface area contributed by atoms with Gasteiger partial charge in [0.05, 0.1) is 9.13 Å². The summed E-state index contributed by atoms with van der Waals surface area (Å²) in [7, 11) is 0. The molecule has 0 amide bonds. The van der Waals surface area contributed by atoms with Gasteiger partial charge in [0.1, 0.15) is 3.70 Å². The molecule has 0 aromatic carbocycles. The van der Waals surface area contributed by atoms with E-state index in [9.17, 15) is 8.78 Å². The summed E-state index contributed by atoms with van der Waals surface area (Å²) in [5.74, 6) is 0. The zero-order chi connectivity index (χ0) is 9.30. The Bertz CT molecular complexity index is 306. The van der Waals surface area contributed by atoms with Crippen molar-refractivity contribution in [2.45, 2.75) is 6.43 Å². The fraction of sp³-hybridized carbons (Fsp3) is 0.167. The van der Waals surface area contributed by atoms with Crippen molar-refractivity contribution >= 4 is 61.1 Å². The van der Waals surface area contributed by atoms with Crippen LogP contribution in [0.5, 0.6) is 0 Å². The van der Waals surface area contributed by atoms with Gasteiger partial charge in [0, 0.05) is 10.7 Å². The average molecular weight is 460 g/mol. The first-order valence-electron chi connectivity index (χ1n) is 2.81. The Balaban J connectivity index is 3.27. The molecule has 0 bridgehead atoms. The lowest BCUT2D eigenvalue weighted by Crippen LogP contribution is -1.94. The molecular formula is C6H2BrF2I2N. The molecule has 0 aliphatic rings. The van der Waals surface area contributed by atoms with Gasteiger partial charge >= 0.3 is 0 Å². The van der Waals surface area contributed by atoms with Crippen LogP contribution in [0.1, 0.15) is 12.0 Å². The lowest BCUT2D eigenvalue weighted by atomic mass is 10.3. The third-order valence-electron chi connectivity index (χ3n) is 1.18. The van der Waals surface area contributed by atoms with Gasteiger partial charge in [0.2, 0.25) is 0 Å². The molecule has 0 aliphatic carbocycles. The highest BCUT2D eigenvalue weighted by atomic mass is 127. The van der Waals surface area contributed by atoms with Crippen molar-refractivity contribution in [3.63, 3.8) is 0 Å². The fourth-order valence-corrected chi connectivity index (χ4v) is 2.30. The zero-order valence-corrected chi connectivity index (χ0v) is 11.4. The molecule has 0 N–H and O–H groups in total. The van der Waals surface area contributed by atoms with E-state index in [1.165, 1.54) is 6.20 Å². The third kappa shape index (κ3) is 2.25. The summed E-state index contributed by atoms with van der Waals surface area (Å²) in [6.07, 6.45) is -1.28. The molecule has 0 atom stereocenters. The van der Waals surface area contributed by atoms with E-state index >= 15 is 0 Å². The summed E-state index contributed by atoms with van der Waals surface area (Å²) >= 11 is 7.07. The topological polar surface area (TPSA) is 12.9 Å². The highest BCUT2D eigenvalue weighted by Gasteiger charge is 2.15. The van der Waals surface area contributed by atoms with Crippen LogP contribution in [0.25, 0.3) is 0 Å². The van der Waals surface area contributed by atoms with Gasteiger partial charge in [-0.3, -0.25) is 0 Å². The SMILES string of the molecule is FC(F)c1cnc(I)c(I)c1Br. The lowest BCUT2D eigenvalue weighted by molar-refractivity contribution is 0.150. The molecule has 1 aromatic heterocycles. The Morgan fingerprint density at radius 1 is 1.42 bits per heavy atom. The standard InChI is InChI=1S/C6H2BrF2I2N/c7-3-2(5(8)9)1-12-6(11)4(3)10/h1,5H. The number of rotatable bonds is 1. The van der Waals surface area contributed by atoms with Gasteiger partial charge in [-0.1, -0.05) is 0 Å². The minimum Gasteiger partial charge on any atom is -0.249 e. The summed E-state index contributed by atoms with van der Waals surface area (Å²) < 4.78 is 26.4. The first-order valence-corrected chi connectivity index (χ1v) is 5.76. The number of hydrogen-bond acceptors (Lipinski definition) is 1. The molecule has 0 saturated heterocycles. The quantitative estimate of drug-likeness (QED) is 0.457. The van der Waals surface area contributed by atoms with E-state index in [-0.39, 0.29) is 5.56 Å². The summed E-state index contributed by atoms with van der Waals surface area (Å²) in [6, 6.07) is 0. The highest BCUT2D eigenvalue weighted by Crippen LogP contribution is 2.31. The Kier molecular flexibility index (Phi) is 4.09. The van der Waals surface area contributed by atoms with E-state index in [2.05, 4.69) is 20.9 Å². The van der Waals surface area contributed by atoms with E-state index in [0.29, 0.717) is 4.47 Å². The second-order valence-corrected chi connectivity index (χ2v) is 4.83.